The second-order valence-corrected chi connectivity index (χ2v) is 4.38. The molecule has 0 radical (unpaired) electrons. The van der Waals surface area contributed by atoms with Gasteiger partial charge in [-0.2, -0.15) is 5.26 Å². The lowest BCUT2D eigenvalue weighted by atomic mass is 10.1. The third-order valence-corrected chi connectivity index (χ3v) is 3.23. The first-order valence-electron chi connectivity index (χ1n) is 6.60. The summed E-state index contributed by atoms with van der Waals surface area (Å²) >= 11 is 0. The van der Waals surface area contributed by atoms with Gasteiger partial charge in [0.2, 0.25) is 0 Å². The molecular formula is C14H22N4O. The fourth-order valence-electron chi connectivity index (χ4n) is 2.11. The van der Waals surface area contributed by atoms with Gasteiger partial charge in [-0.1, -0.05) is 13.8 Å². The number of hydrogen-bond acceptors (Lipinski definition) is 5. The summed E-state index contributed by atoms with van der Waals surface area (Å²) in [6.45, 7) is 5.68. The van der Waals surface area contributed by atoms with Gasteiger partial charge in [0.1, 0.15) is 11.9 Å². The summed E-state index contributed by atoms with van der Waals surface area (Å²) < 4.78 is 5.15. The number of methoxy groups -OCH3 is 1. The number of nitrogens with zero attached hydrogens (tertiary/aromatic N) is 3. The van der Waals surface area contributed by atoms with E-state index in [1.54, 1.807) is 13.2 Å². The maximum atomic E-state index is 9.02. The van der Waals surface area contributed by atoms with Crippen LogP contribution in [0.5, 0.6) is 0 Å². The Balaban J connectivity index is 3.06. The van der Waals surface area contributed by atoms with Gasteiger partial charge in [0, 0.05) is 19.7 Å². The summed E-state index contributed by atoms with van der Waals surface area (Å²) in [6.07, 6.45) is 2.04. The van der Waals surface area contributed by atoms with E-state index < -0.39 is 0 Å². The zero-order chi connectivity index (χ0) is 14.3. The Kier molecular flexibility index (Phi) is 6.10. The fraction of sp³-hybridized carbons (Fsp3) is 0.571. The van der Waals surface area contributed by atoms with Gasteiger partial charge in [0.05, 0.1) is 12.3 Å². The summed E-state index contributed by atoms with van der Waals surface area (Å²) in [5.41, 5.74) is 6.42. The molecule has 0 bridgehead atoms. The summed E-state index contributed by atoms with van der Waals surface area (Å²) in [5, 5.41) is 9.02. The van der Waals surface area contributed by atoms with Crippen molar-refractivity contribution in [3.05, 3.63) is 17.8 Å². The molecule has 1 aromatic heterocycles. The van der Waals surface area contributed by atoms with E-state index in [1.165, 1.54) is 0 Å². The minimum absolute atomic E-state index is 0.283. The zero-order valence-electron chi connectivity index (χ0n) is 11.9. The fourth-order valence-corrected chi connectivity index (χ4v) is 2.11. The van der Waals surface area contributed by atoms with E-state index in [4.69, 9.17) is 15.7 Å². The van der Waals surface area contributed by atoms with Gasteiger partial charge >= 0.3 is 0 Å². The van der Waals surface area contributed by atoms with Crippen LogP contribution in [0.2, 0.25) is 0 Å². The number of anilines is 2. The Morgan fingerprint density at radius 3 is 2.63 bits per heavy atom. The molecule has 0 fully saturated rings. The Bertz CT molecular complexity index is 438. The maximum absolute atomic E-state index is 9.02. The van der Waals surface area contributed by atoms with Gasteiger partial charge in [0.25, 0.3) is 0 Å². The normalized spacial score (nSPS) is 10.5. The van der Waals surface area contributed by atoms with Crippen molar-refractivity contribution in [2.45, 2.75) is 32.7 Å². The van der Waals surface area contributed by atoms with Gasteiger partial charge in [-0.15, -0.1) is 0 Å². The number of nitrogen functional groups attached to an aromatic ring is 1. The molecule has 5 nitrogen and oxygen atoms in total. The van der Waals surface area contributed by atoms with E-state index in [2.05, 4.69) is 23.7 Å². The molecule has 0 saturated carbocycles. The first kappa shape index (κ1) is 15.3. The van der Waals surface area contributed by atoms with E-state index >= 15 is 0 Å². The van der Waals surface area contributed by atoms with Crippen LogP contribution in [-0.2, 0) is 4.74 Å². The number of nitriles is 1. The van der Waals surface area contributed by atoms with Crippen LogP contribution < -0.4 is 10.6 Å². The predicted molar refractivity (Wildman–Crippen MR) is 77.0 cm³/mol. The molecule has 0 spiro atoms. The Labute approximate surface area is 115 Å². The number of ether oxygens (including phenoxy) is 1. The van der Waals surface area contributed by atoms with Crippen molar-refractivity contribution in [1.29, 1.82) is 5.26 Å². The second kappa shape index (κ2) is 7.59. The van der Waals surface area contributed by atoms with E-state index in [0.29, 0.717) is 18.3 Å². The number of hydrogen-bond donors (Lipinski definition) is 1. The van der Waals surface area contributed by atoms with Crippen molar-refractivity contribution in [1.82, 2.24) is 4.98 Å². The minimum atomic E-state index is 0.283. The topological polar surface area (TPSA) is 75.2 Å². The average molecular weight is 262 g/mol. The van der Waals surface area contributed by atoms with Gasteiger partial charge in [0.15, 0.2) is 5.69 Å². The Morgan fingerprint density at radius 2 is 2.11 bits per heavy atom. The summed E-state index contributed by atoms with van der Waals surface area (Å²) in [4.78, 5) is 6.53. The molecule has 1 heterocycles. The van der Waals surface area contributed by atoms with Crippen LogP contribution in [-0.4, -0.2) is 31.3 Å². The third kappa shape index (κ3) is 3.83. The van der Waals surface area contributed by atoms with Crippen molar-refractivity contribution in [3.8, 4) is 6.07 Å². The first-order valence-corrected chi connectivity index (χ1v) is 6.60. The van der Waals surface area contributed by atoms with Crippen molar-refractivity contribution < 1.29 is 4.74 Å². The molecule has 1 aromatic rings. The quantitative estimate of drug-likeness (QED) is 0.815. The second-order valence-electron chi connectivity index (χ2n) is 4.38. The van der Waals surface area contributed by atoms with Crippen molar-refractivity contribution in [3.63, 3.8) is 0 Å². The van der Waals surface area contributed by atoms with Gasteiger partial charge < -0.3 is 15.4 Å². The third-order valence-electron chi connectivity index (χ3n) is 3.23. The first-order chi connectivity index (χ1) is 9.17. The van der Waals surface area contributed by atoms with Crippen LogP contribution in [0, 0.1) is 11.3 Å². The van der Waals surface area contributed by atoms with Gasteiger partial charge in [-0.05, 0) is 25.0 Å². The van der Waals surface area contributed by atoms with Crippen LogP contribution >= 0.6 is 0 Å². The van der Waals surface area contributed by atoms with Crippen LogP contribution in [0.3, 0.4) is 0 Å². The molecule has 0 saturated heterocycles. The van der Waals surface area contributed by atoms with Crippen LogP contribution in [0.15, 0.2) is 12.1 Å². The lowest BCUT2D eigenvalue weighted by Gasteiger charge is -2.31. The SMILES string of the molecule is CCC(CC)N(CCOC)c1ccc(N)c(C#N)n1. The molecule has 0 amide bonds. The van der Waals surface area contributed by atoms with E-state index in [0.717, 1.165) is 25.2 Å². The highest BCUT2D eigenvalue weighted by Gasteiger charge is 2.17. The lowest BCUT2D eigenvalue weighted by Crippen LogP contribution is -2.37. The summed E-state index contributed by atoms with van der Waals surface area (Å²) in [7, 11) is 1.68. The van der Waals surface area contributed by atoms with Gasteiger partial charge in [-0.25, -0.2) is 4.98 Å². The molecular weight excluding hydrogens is 240 g/mol. The molecule has 104 valence electrons. The van der Waals surface area contributed by atoms with Crippen LogP contribution in [0.1, 0.15) is 32.4 Å². The molecule has 0 aliphatic carbocycles. The maximum Gasteiger partial charge on any atom is 0.165 e. The highest BCUT2D eigenvalue weighted by molar-refractivity contribution is 5.55. The average Bonchev–Trinajstić information content (AvgIpc) is 2.44. The highest BCUT2D eigenvalue weighted by Crippen LogP contribution is 2.21. The molecule has 19 heavy (non-hydrogen) atoms. The van der Waals surface area contributed by atoms with Crippen LogP contribution in [0.4, 0.5) is 11.5 Å². The lowest BCUT2D eigenvalue weighted by molar-refractivity contribution is 0.202. The molecule has 0 aliphatic rings. The molecule has 0 aliphatic heterocycles. The predicted octanol–water partition coefficient (Wildman–Crippen LogP) is 2.18. The molecule has 0 aromatic carbocycles. The highest BCUT2D eigenvalue weighted by atomic mass is 16.5. The molecule has 1 rings (SSSR count). The van der Waals surface area contributed by atoms with Crippen molar-refractivity contribution in [2.75, 3.05) is 30.9 Å². The standard InChI is InChI=1S/C14H22N4O/c1-4-11(5-2)18(8-9-19-3)14-7-6-12(16)13(10-15)17-14/h6-7,11H,4-5,8-9,16H2,1-3H3. The number of aromatic nitrogens is 1. The molecule has 0 atom stereocenters. The van der Waals surface area contributed by atoms with Gasteiger partial charge in [-0.3, -0.25) is 0 Å². The zero-order valence-corrected chi connectivity index (χ0v) is 11.9. The molecule has 5 heteroatoms. The Hall–Kier alpha value is -1.80. The van der Waals surface area contributed by atoms with E-state index in [1.807, 2.05) is 12.1 Å². The number of nitrogens with two attached hydrogens (primary N) is 1. The molecule has 2 N–H and O–H groups in total. The summed E-state index contributed by atoms with van der Waals surface area (Å²) in [6, 6.07) is 6.02. The smallest absolute Gasteiger partial charge is 0.165 e. The monoisotopic (exact) mass is 262 g/mol. The van der Waals surface area contributed by atoms with Crippen molar-refractivity contribution in [2.24, 2.45) is 0 Å². The molecule has 0 unspecified atom stereocenters. The Morgan fingerprint density at radius 1 is 1.42 bits per heavy atom. The summed E-state index contributed by atoms with van der Waals surface area (Å²) in [5.74, 6) is 0.788. The van der Waals surface area contributed by atoms with E-state index in [-0.39, 0.29) is 5.69 Å². The number of pyridine rings is 1. The van der Waals surface area contributed by atoms with E-state index in [9.17, 15) is 0 Å². The largest absolute Gasteiger partial charge is 0.396 e. The number of rotatable bonds is 7. The minimum Gasteiger partial charge on any atom is -0.396 e. The van der Waals surface area contributed by atoms with Crippen molar-refractivity contribution >= 4 is 11.5 Å². The van der Waals surface area contributed by atoms with Crippen LogP contribution in [0.25, 0.3) is 0 Å².